The van der Waals surface area contributed by atoms with Crippen LogP contribution in [0.2, 0.25) is 5.02 Å². The Labute approximate surface area is 184 Å². The van der Waals surface area contributed by atoms with E-state index in [1.807, 2.05) is 18.2 Å². The van der Waals surface area contributed by atoms with Crippen molar-refractivity contribution in [3.63, 3.8) is 0 Å². The van der Waals surface area contributed by atoms with Crippen LogP contribution in [-0.4, -0.2) is 60.1 Å². The van der Waals surface area contributed by atoms with Gasteiger partial charge in [-0.2, -0.15) is 0 Å². The molecule has 1 aromatic rings. The number of carbonyl (C=O) groups is 3. The maximum absolute atomic E-state index is 11.6. The van der Waals surface area contributed by atoms with Gasteiger partial charge in [0.15, 0.2) is 6.10 Å². The van der Waals surface area contributed by atoms with E-state index in [0.29, 0.717) is 17.2 Å². The van der Waals surface area contributed by atoms with E-state index in [1.165, 1.54) is 32.5 Å². The van der Waals surface area contributed by atoms with E-state index in [9.17, 15) is 14.4 Å². The Morgan fingerprint density at radius 3 is 2.37 bits per heavy atom. The molecule has 10 heteroatoms. The molecule has 30 heavy (non-hydrogen) atoms. The van der Waals surface area contributed by atoms with Gasteiger partial charge in [-0.1, -0.05) is 23.7 Å². The van der Waals surface area contributed by atoms with Crippen LogP contribution in [0.15, 0.2) is 24.3 Å². The molecule has 166 valence electrons. The molecule has 0 radical (unpaired) electrons. The fraction of sp³-hybridized carbons (Fsp3) is 0.550. The van der Waals surface area contributed by atoms with Gasteiger partial charge in [-0.05, 0) is 29.9 Å². The Kier molecular flexibility index (Phi) is 9.41. The normalized spacial score (nSPS) is 26.0. The second kappa shape index (κ2) is 11.5. The fourth-order valence-electron chi connectivity index (χ4n) is 3.07. The minimum Gasteiger partial charge on any atom is -0.463 e. The first kappa shape index (κ1) is 24.5. The fourth-order valence-corrected chi connectivity index (χ4v) is 4.52. The molecule has 1 aromatic carbocycles. The van der Waals surface area contributed by atoms with E-state index < -0.39 is 47.7 Å². The average Bonchev–Trinajstić information content (AvgIpc) is 2.64. The molecule has 5 atom stereocenters. The van der Waals surface area contributed by atoms with E-state index in [4.69, 9.17) is 36.3 Å². The molecular formula is C20H26ClNO7S. The molecule has 0 spiro atoms. The zero-order valence-electron chi connectivity index (χ0n) is 17.0. The molecule has 1 aliphatic rings. The summed E-state index contributed by atoms with van der Waals surface area (Å²) in [6.45, 7) is 3.64. The second-order valence-electron chi connectivity index (χ2n) is 6.82. The molecule has 0 aromatic heterocycles. The molecule has 0 amide bonds. The summed E-state index contributed by atoms with van der Waals surface area (Å²) in [4.78, 5) is 34.4. The van der Waals surface area contributed by atoms with E-state index >= 15 is 0 Å². The van der Waals surface area contributed by atoms with Crippen molar-refractivity contribution in [2.75, 3.05) is 12.4 Å². The smallest absolute Gasteiger partial charge is 0.303 e. The van der Waals surface area contributed by atoms with Crippen molar-refractivity contribution < 1.29 is 33.3 Å². The van der Waals surface area contributed by atoms with Crippen LogP contribution in [0, 0.1) is 0 Å². The number of rotatable bonds is 8. The lowest BCUT2D eigenvalue weighted by Gasteiger charge is -2.43. The first-order valence-electron chi connectivity index (χ1n) is 9.42. The second-order valence-corrected chi connectivity index (χ2v) is 8.46. The Morgan fingerprint density at radius 2 is 1.77 bits per heavy atom. The van der Waals surface area contributed by atoms with Gasteiger partial charge in [0.05, 0.1) is 6.04 Å². The van der Waals surface area contributed by atoms with Crippen LogP contribution >= 0.6 is 23.4 Å². The van der Waals surface area contributed by atoms with Crippen LogP contribution in [0.3, 0.4) is 0 Å². The van der Waals surface area contributed by atoms with Crippen molar-refractivity contribution in [2.45, 2.75) is 57.0 Å². The standard InChI is InChI=1S/C20H26ClNO7S/c1-11(23)26-10-16-18(27-12(2)24)17(22)19(28-13(3)25)20(29-16)30-8-7-14-5-4-6-15(21)9-14/h4-6,9,16-20H,7-8,10,22H2,1-3H3. The molecule has 1 saturated heterocycles. The summed E-state index contributed by atoms with van der Waals surface area (Å²) in [5, 5.41) is 0.650. The predicted octanol–water partition coefficient (Wildman–Crippen LogP) is 2.09. The van der Waals surface area contributed by atoms with Crippen LogP contribution in [0.1, 0.15) is 26.3 Å². The van der Waals surface area contributed by atoms with Crippen LogP contribution < -0.4 is 5.73 Å². The van der Waals surface area contributed by atoms with E-state index in [-0.39, 0.29) is 6.61 Å². The first-order valence-corrected chi connectivity index (χ1v) is 10.8. The van der Waals surface area contributed by atoms with Gasteiger partial charge in [0.1, 0.15) is 24.3 Å². The molecule has 5 unspecified atom stereocenters. The highest BCUT2D eigenvalue weighted by atomic mass is 35.5. The van der Waals surface area contributed by atoms with Gasteiger partial charge in [-0.25, -0.2) is 0 Å². The number of hydrogen-bond acceptors (Lipinski definition) is 9. The molecular weight excluding hydrogens is 434 g/mol. The number of nitrogens with two attached hydrogens (primary N) is 1. The molecule has 0 aliphatic carbocycles. The van der Waals surface area contributed by atoms with Crippen molar-refractivity contribution in [3.05, 3.63) is 34.9 Å². The summed E-state index contributed by atoms with van der Waals surface area (Å²) in [5.41, 5.74) is 6.72. The Morgan fingerprint density at radius 1 is 1.10 bits per heavy atom. The lowest BCUT2D eigenvalue weighted by molar-refractivity contribution is -0.201. The summed E-state index contributed by atoms with van der Waals surface area (Å²) in [6.07, 6.45) is -1.86. The van der Waals surface area contributed by atoms with E-state index in [1.54, 1.807) is 6.07 Å². The van der Waals surface area contributed by atoms with Crippen LogP contribution in [0.4, 0.5) is 0 Å². The van der Waals surface area contributed by atoms with Crippen molar-refractivity contribution in [3.8, 4) is 0 Å². The average molecular weight is 460 g/mol. The Balaban J connectivity index is 2.13. The molecule has 1 heterocycles. The highest BCUT2D eigenvalue weighted by Gasteiger charge is 2.48. The van der Waals surface area contributed by atoms with Gasteiger partial charge >= 0.3 is 17.9 Å². The van der Waals surface area contributed by atoms with Gasteiger partial charge < -0.3 is 24.7 Å². The number of ether oxygens (including phenoxy) is 4. The maximum atomic E-state index is 11.6. The third kappa shape index (κ3) is 7.46. The highest BCUT2D eigenvalue weighted by molar-refractivity contribution is 7.99. The molecule has 0 bridgehead atoms. The minimum atomic E-state index is -0.934. The molecule has 1 aliphatic heterocycles. The monoisotopic (exact) mass is 459 g/mol. The van der Waals surface area contributed by atoms with Crippen molar-refractivity contribution in [1.82, 2.24) is 0 Å². The number of aryl methyl sites for hydroxylation is 1. The molecule has 1 fully saturated rings. The zero-order chi connectivity index (χ0) is 22.3. The summed E-state index contributed by atoms with van der Waals surface area (Å²) in [5.74, 6) is -0.963. The maximum Gasteiger partial charge on any atom is 0.303 e. The van der Waals surface area contributed by atoms with Crippen molar-refractivity contribution in [1.29, 1.82) is 0 Å². The van der Waals surface area contributed by atoms with Crippen LogP contribution in [0.5, 0.6) is 0 Å². The van der Waals surface area contributed by atoms with Gasteiger partial charge in [-0.3, -0.25) is 14.4 Å². The van der Waals surface area contributed by atoms with Gasteiger partial charge in [-0.15, -0.1) is 11.8 Å². The number of benzene rings is 1. The third-order valence-corrected chi connectivity index (χ3v) is 5.70. The number of carbonyl (C=O) groups excluding carboxylic acids is 3. The molecule has 8 nitrogen and oxygen atoms in total. The number of hydrogen-bond donors (Lipinski definition) is 1. The summed E-state index contributed by atoms with van der Waals surface area (Å²) in [7, 11) is 0. The predicted molar refractivity (Wildman–Crippen MR) is 112 cm³/mol. The van der Waals surface area contributed by atoms with E-state index in [2.05, 4.69) is 0 Å². The zero-order valence-corrected chi connectivity index (χ0v) is 18.6. The van der Waals surface area contributed by atoms with Gasteiger partial charge in [0, 0.05) is 25.8 Å². The summed E-state index contributed by atoms with van der Waals surface area (Å²) < 4.78 is 21.8. The van der Waals surface area contributed by atoms with Crippen LogP contribution in [-0.2, 0) is 39.8 Å². The Bertz CT molecular complexity index is 760. The summed E-state index contributed by atoms with van der Waals surface area (Å²) >= 11 is 7.43. The third-order valence-electron chi connectivity index (χ3n) is 4.32. The van der Waals surface area contributed by atoms with Gasteiger partial charge in [0.2, 0.25) is 0 Å². The Hall–Kier alpha value is -1.81. The highest BCUT2D eigenvalue weighted by Crippen LogP contribution is 2.32. The minimum absolute atomic E-state index is 0.140. The summed E-state index contributed by atoms with van der Waals surface area (Å²) in [6, 6.07) is 6.65. The molecule has 2 N–H and O–H groups in total. The lowest BCUT2D eigenvalue weighted by Crippen LogP contribution is -2.63. The van der Waals surface area contributed by atoms with Crippen molar-refractivity contribution >= 4 is 41.3 Å². The SMILES string of the molecule is CC(=O)OCC1OC(SCCc2cccc(Cl)c2)C(OC(C)=O)C(N)C1OC(C)=O. The topological polar surface area (TPSA) is 114 Å². The van der Waals surface area contributed by atoms with E-state index in [0.717, 1.165) is 5.56 Å². The lowest BCUT2D eigenvalue weighted by atomic mass is 9.97. The molecule has 2 rings (SSSR count). The van der Waals surface area contributed by atoms with Gasteiger partial charge in [0.25, 0.3) is 0 Å². The van der Waals surface area contributed by atoms with Crippen molar-refractivity contribution in [2.24, 2.45) is 5.73 Å². The number of esters is 3. The first-order chi connectivity index (χ1) is 14.2. The number of thioether (sulfide) groups is 1. The largest absolute Gasteiger partial charge is 0.463 e. The van der Waals surface area contributed by atoms with Crippen LogP contribution in [0.25, 0.3) is 0 Å². The molecule has 0 saturated carbocycles. The number of halogens is 1. The quantitative estimate of drug-likeness (QED) is 0.461.